The van der Waals surface area contributed by atoms with Crippen LogP contribution in [0.1, 0.15) is 62.4 Å². The highest BCUT2D eigenvalue weighted by molar-refractivity contribution is 7.14. The molecular weight excluding hydrogens is 502 g/mol. The molecule has 38 heavy (non-hydrogen) atoms. The number of carbonyl (C=O) groups excluding carboxylic acids is 2. The largest absolute Gasteiger partial charge is 0.402 e. The summed E-state index contributed by atoms with van der Waals surface area (Å²) in [5.41, 5.74) is 3.48. The SMILES string of the molecule is CCCC(F)CC(C)CC.CO.C[B]n1ccc(C(=O)NCC(=O)Nc2nc(-c3cccc(C)c3)cs2)c1. The van der Waals surface area contributed by atoms with E-state index in [2.05, 4.69) is 29.5 Å². The van der Waals surface area contributed by atoms with E-state index in [4.69, 9.17) is 5.11 Å². The van der Waals surface area contributed by atoms with E-state index in [1.54, 1.807) is 22.9 Å². The molecule has 7 nitrogen and oxygen atoms in total. The number of aromatic nitrogens is 2. The summed E-state index contributed by atoms with van der Waals surface area (Å²) >= 11 is 1.35. The molecule has 3 N–H and O–H groups in total. The lowest BCUT2D eigenvalue weighted by Crippen LogP contribution is -2.32. The Labute approximate surface area is 231 Å². The van der Waals surface area contributed by atoms with Gasteiger partial charge in [0.05, 0.1) is 17.8 Å². The molecule has 2 aromatic heterocycles. The number of aliphatic hydroxyl groups is 1. The number of halogens is 1. The number of nitrogens with one attached hydrogen (secondary N) is 2. The van der Waals surface area contributed by atoms with Gasteiger partial charge in [-0.1, -0.05) is 64.2 Å². The molecule has 10 heteroatoms. The van der Waals surface area contributed by atoms with E-state index < -0.39 is 6.17 Å². The van der Waals surface area contributed by atoms with Crippen LogP contribution in [0.4, 0.5) is 9.52 Å². The van der Waals surface area contributed by atoms with Gasteiger partial charge in [-0.25, -0.2) is 9.37 Å². The number of amides is 2. The minimum absolute atomic E-state index is 0.112. The van der Waals surface area contributed by atoms with Gasteiger partial charge in [0.1, 0.15) is 6.17 Å². The van der Waals surface area contributed by atoms with E-state index >= 15 is 0 Å². The summed E-state index contributed by atoms with van der Waals surface area (Å²) < 4.78 is 14.6. The summed E-state index contributed by atoms with van der Waals surface area (Å²) in [6.07, 6.45) is 6.48. The monoisotopic (exact) mass is 543 g/mol. The summed E-state index contributed by atoms with van der Waals surface area (Å²) in [7, 11) is 2.83. The van der Waals surface area contributed by atoms with Gasteiger partial charge < -0.3 is 20.2 Å². The Morgan fingerprint density at radius 1 is 1.24 bits per heavy atom. The standard InChI is InChI=1S/C18H18BN4O2S.C9H19F.CH4O/c1-12-4-3-5-13(8-12)15-11-26-18(21-15)22-16(24)9-20-17(25)14-6-7-23(10-14)19-2;1-4-6-9(10)7-8(3)5-2;1-2/h3-8,10-11H,9H2,1-2H3,(H,20,25)(H,21,22,24);8-9H,4-7H2,1-3H3;2H,1H3. The second-order valence-corrected chi connectivity index (χ2v) is 9.74. The van der Waals surface area contributed by atoms with Crippen LogP contribution in [0.3, 0.4) is 0 Å². The maximum atomic E-state index is 12.8. The second-order valence-electron chi connectivity index (χ2n) is 8.88. The van der Waals surface area contributed by atoms with E-state index in [1.165, 1.54) is 11.3 Å². The van der Waals surface area contributed by atoms with Crippen LogP contribution < -0.4 is 10.6 Å². The van der Waals surface area contributed by atoms with E-state index in [0.29, 0.717) is 16.6 Å². The Morgan fingerprint density at radius 2 is 1.97 bits per heavy atom. The molecule has 2 unspecified atom stereocenters. The normalized spacial score (nSPS) is 11.7. The van der Waals surface area contributed by atoms with Crippen molar-refractivity contribution in [3.63, 3.8) is 0 Å². The molecule has 0 fully saturated rings. The number of thiazole rings is 1. The Bertz CT molecular complexity index is 1110. The van der Waals surface area contributed by atoms with Crippen LogP contribution in [0.25, 0.3) is 11.3 Å². The smallest absolute Gasteiger partial charge is 0.253 e. The molecule has 1 aromatic carbocycles. The first-order chi connectivity index (χ1) is 18.2. The highest BCUT2D eigenvalue weighted by atomic mass is 32.1. The van der Waals surface area contributed by atoms with Crippen molar-refractivity contribution < 1.29 is 19.1 Å². The van der Waals surface area contributed by atoms with Crippen molar-refractivity contribution in [3.05, 3.63) is 59.2 Å². The van der Waals surface area contributed by atoms with Crippen LogP contribution in [-0.2, 0) is 4.79 Å². The zero-order chi connectivity index (χ0) is 28.5. The third kappa shape index (κ3) is 12.0. The van der Waals surface area contributed by atoms with Crippen LogP contribution in [-0.4, -0.2) is 53.6 Å². The number of carbonyl (C=O) groups is 2. The van der Waals surface area contributed by atoms with Crippen molar-refractivity contribution in [2.24, 2.45) is 5.92 Å². The third-order valence-corrected chi connectivity index (χ3v) is 6.46. The molecule has 3 rings (SSSR count). The van der Waals surface area contributed by atoms with E-state index in [1.807, 2.05) is 57.7 Å². The molecule has 207 valence electrons. The van der Waals surface area contributed by atoms with Gasteiger partial charge in [0.15, 0.2) is 5.13 Å². The molecule has 3 aromatic rings. The topological polar surface area (TPSA) is 96.3 Å². The third-order valence-electron chi connectivity index (χ3n) is 5.71. The number of alkyl halides is 1. The van der Waals surface area contributed by atoms with Crippen molar-refractivity contribution in [1.29, 1.82) is 0 Å². The lowest BCUT2D eigenvalue weighted by molar-refractivity contribution is -0.115. The zero-order valence-electron chi connectivity index (χ0n) is 23.3. The Morgan fingerprint density at radius 3 is 2.58 bits per heavy atom. The van der Waals surface area contributed by atoms with Gasteiger partial charge >= 0.3 is 0 Å². The Hall–Kier alpha value is -2.98. The van der Waals surface area contributed by atoms with Crippen molar-refractivity contribution in [2.45, 2.75) is 66.4 Å². The van der Waals surface area contributed by atoms with Crippen LogP contribution in [0, 0.1) is 12.8 Å². The molecule has 0 spiro atoms. The van der Waals surface area contributed by atoms with Crippen molar-refractivity contribution in [1.82, 2.24) is 14.8 Å². The number of nitrogens with zero attached hydrogens (tertiary/aromatic N) is 2. The average molecular weight is 544 g/mol. The first kappa shape index (κ1) is 33.1. The summed E-state index contributed by atoms with van der Waals surface area (Å²) in [6.45, 7) is 10.0. The minimum atomic E-state index is -0.556. The highest BCUT2D eigenvalue weighted by Gasteiger charge is 2.12. The molecule has 0 aliphatic carbocycles. The fourth-order valence-electron chi connectivity index (χ4n) is 3.44. The van der Waals surface area contributed by atoms with Crippen LogP contribution in [0.2, 0.25) is 6.82 Å². The first-order valence-corrected chi connectivity index (χ1v) is 13.8. The number of rotatable bonds is 11. The van der Waals surface area contributed by atoms with Crippen molar-refractivity contribution in [3.8, 4) is 11.3 Å². The lowest BCUT2D eigenvalue weighted by atomic mass is 10.00. The zero-order valence-corrected chi connectivity index (χ0v) is 24.1. The fraction of sp³-hybridized carbons (Fsp3) is 0.464. The molecule has 2 amide bonds. The summed E-state index contributed by atoms with van der Waals surface area (Å²) in [5.74, 6) is -0.0492. The number of aliphatic hydroxyl groups excluding tert-OH is 1. The number of hydrogen-bond donors (Lipinski definition) is 3. The van der Waals surface area contributed by atoms with Crippen LogP contribution >= 0.6 is 11.3 Å². The molecule has 0 saturated carbocycles. The summed E-state index contributed by atoms with van der Waals surface area (Å²) in [4.78, 5) is 28.5. The fourth-order valence-corrected chi connectivity index (χ4v) is 4.17. The summed E-state index contributed by atoms with van der Waals surface area (Å²) in [5, 5.41) is 14.7. The maximum Gasteiger partial charge on any atom is 0.253 e. The minimum Gasteiger partial charge on any atom is -0.402 e. The summed E-state index contributed by atoms with van der Waals surface area (Å²) in [6, 6.07) is 9.71. The molecule has 0 aliphatic rings. The predicted octanol–water partition coefficient (Wildman–Crippen LogP) is 5.97. The Kier molecular flexibility index (Phi) is 15.9. The molecule has 2 atom stereocenters. The average Bonchev–Trinajstić information content (AvgIpc) is 3.59. The quantitative estimate of drug-likeness (QED) is 0.260. The number of hydrogen-bond acceptors (Lipinski definition) is 5. The number of benzene rings is 1. The Balaban J connectivity index is 0.000000510. The van der Waals surface area contributed by atoms with Crippen molar-refractivity contribution >= 4 is 35.7 Å². The molecular formula is C28H41BFN4O3S. The lowest BCUT2D eigenvalue weighted by Gasteiger charge is -2.11. The molecule has 1 radical (unpaired) electrons. The number of anilines is 1. The van der Waals surface area contributed by atoms with E-state index in [9.17, 15) is 14.0 Å². The van der Waals surface area contributed by atoms with E-state index in [-0.39, 0.29) is 18.4 Å². The molecule has 0 saturated heterocycles. The van der Waals surface area contributed by atoms with E-state index in [0.717, 1.165) is 49.6 Å². The van der Waals surface area contributed by atoms with Gasteiger partial charge in [-0.3, -0.25) is 9.59 Å². The van der Waals surface area contributed by atoms with Gasteiger partial charge in [0.2, 0.25) is 13.3 Å². The van der Waals surface area contributed by atoms with Gasteiger partial charge in [-0.2, -0.15) is 0 Å². The van der Waals surface area contributed by atoms with Gasteiger partial charge in [-0.05, 0) is 44.0 Å². The van der Waals surface area contributed by atoms with Crippen molar-refractivity contribution in [2.75, 3.05) is 19.0 Å². The second kappa shape index (κ2) is 18.3. The molecule has 0 bridgehead atoms. The maximum absolute atomic E-state index is 12.8. The van der Waals surface area contributed by atoms with Gasteiger partial charge in [-0.15, -0.1) is 11.3 Å². The molecule has 0 aliphatic heterocycles. The van der Waals surface area contributed by atoms with Gasteiger partial charge in [0, 0.05) is 24.3 Å². The highest BCUT2D eigenvalue weighted by Crippen LogP contribution is 2.25. The first-order valence-electron chi connectivity index (χ1n) is 12.9. The molecule has 2 heterocycles. The number of aryl methyl sites for hydroxylation is 1. The van der Waals surface area contributed by atoms with Gasteiger partial charge in [0.25, 0.3) is 5.91 Å². The van der Waals surface area contributed by atoms with Crippen LogP contribution in [0.15, 0.2) is 48.1 Å². The van der Waals surface area contributed by atoms with Crippen LogP contribution in [0.5, 0.6) is 0 Å². The predicted molar refractivity (Wildman–Crippen MR) is 157 cm³/mol.